The molecule has 0 saturated heterocycles. The third-order valence-electron chi connectivity index (χ3n) is 5.09. The lowest BCUT2D eigenvalue weighted by atomic mass is 10.1. The van der Waals surface area contributed by atoms with Crippen molar-refractivity contribution >= 4 is 50.8 Å². The van der Waals surface area contributed by atoms with Crippen LogP contribution in [0.3, 0.4) is 0 Å². The van der Waals surface area contributed by atoms with Gasteiger partial charge in [-0.25, -0.2) is 13.6 Å². The summed E-state index contributed by atoms with van der Waals surface area (Å²) in [6.07, 6.45) is 1.19. The molecule has 0 aliphatic heterocycles. The number of carboxylic acids is 1. The van der Waals surface area contributed by atoms with E-state index in [1.807, 2.05) is 22.6 Å². The number of nitrogens with one attached hydrogen (secondary N) is 1. The topological polar surface area (TPSA) is 80.6 Å². The number of hydrogen-bond acceptors (Lipinski definition) is 4. The fraction of sp³-hybridized carbons (Fsp3) is 0.0833. The van der Waals surface area contributed by atoms with E-state index in [1.54, 1.807) is 30.3 Å². The predicted octanol–water partition coefficient (Wildman–Crippen LogP) is 5.38. The fourth-order valence-corrected chi connectivity index (χ4v) is 3.97. The zero-order valence-corrected chi connectivity index (χ0v) is 19.4. The molecule has 0 spiro atoms. The summed E-state index contributed by atoms with van der Waals surface area (Å²) in [5, 5.41) is 12.3. The van der Waals surface area contributed by atoms with Gasteiger partial charge < -0.3 is 19.7 Å². The predicted molar refractivity (Wildman–Crippen MR) is 130 cm³/mol. The first kappa shape index (κ1) is 22.7. The average molecular weight is 562 g/mol. The van der Waals surface area contributed by atoms with Crippen molar-refractivity contribution < 1.29 is 23.4 Å². The lowest BCUT2D eigenvalue weighted by Crippen LogP contribution is -2.20. The molecule has 4 aromatic rings. The highest BCUT2D eigenvalue weighted by atomic mass is 127. The van der Waals surface area contributed by atoms with E-state index in [4.69, 9.17) is 4.74 Å². The number of hydrogen-bond donors (Lipinski definition) is 2. The highest BCUT2D eigenvalue weighted by Gasteiger charge is 2.19. The van der Waals surface area contributed by atoms with Crippen LogP contribution >= 0.6 is 22.6 Å². The van der Waals surface area contributed by atoms with E-state index in [0.29, 0.717) is 9.32 Å². The molecule has 9 heteroatoms. The van der Waals surface area contributed by atoms with Gasteiger partial charge in [-0.15, -0.1) is 0 Å². The van der Waals surface area contributed by atoms with Gasteiger partial charge in [0.1, 0.15) is 22.9 Å². The monoisotopic (exact) mass is 562 g/mol. The fourth-order valence-electron chi connectivity index (χ4n) is 3.52. The van der Waals surface area contributed by atoms with E-state index in [9.17, 15) is 23.5 Å². The molecular formula is C24H17F2IN2O4. The summed E-state index contributed by atoms with van der Waals surface area (Å²) < 4.78 is 36.3. The number of fused-ring (bicyclic) bond motifs is 1. The molecule has 0 aliphatic rings. The van der Waals surface area contributed by atoms with Crippen LogP contribution in [0.5, 0.6) is 5.75 Å². The zero-order valence-electron chi connectivity index (χ0n) is 17.2. The van der Waals surface area contributed by atoms with E-state index < -0.39 is 28.6 Å². The Kier molecular flexibility index (Phi) is 6.32. The Morgan fingerprint density at radius 3 is 2.45 bits per heavy atom. The minimum absolute atomic E-state index is 0.0262. The molecule has 0 radical (unpaired) electrons. The number of ether oxygens (including phenoxy) is 1. The number of nitrogens with zero attached hydrogens (tertiary/aromatic N) is 1. The minimum Gasteiger partial charge on any atom is -0.497 e. The van der Waals surface area contributed by atoms with Crippen molar-refractivity contribution in [3.63, 3.8) is 0 Å². The summed E-state index contributed by atoms with van der Waals surface area (Å²) in [5.74, 6) is -2.03. The maximum atomic E-state index is 14.6. The van der Waals surface area contributed by atoms with Gasteiger partial charge in [-0.05, 0) is 70.6 Å². The summed E-state index contributed by atoms with van der Waals surface area (Å²) in [6.45, 7) is 0.168. The van der Waals surface area contributed by atoms with Crippen LogP contribution in [0.2, 0.25) is 0 Å². The maximum absolute atomic E-state index is 14.6. The van der Waals surface area contributed by atoms with Crippen LogP contribution in [0.4, 0.5) is 20.2 Å². The quantitative estimate of drug-likeness (QED) is 0.309. The van der Waals surface area contributed by atoms with Crippen LogP contribution in [0.25, 0.3) is 10.9 Å². The van der Waals surface area contributed by atoms with Crippen molar-refractivity contribution in [3.05, 3.63) is 97.3 Å². The molecule has 2 N–H and O–H groups in total. The van der Waals surface area contributed by atoms with Crippen LogP contribution in [-0.2, 0) is 6.54 Å². The van der Waals surface area contributed by atoms with Gasteiger partial charge in [0.05, 0.1) is 29.4 Å². The second-order valence-electron chi connectivity index (χ2n) is 7.25. The first-order valence-electron chi connectivity index (χ1n) is 9.72. The Labute approximate surface area is 200 Å². The molecule has 0 bridgehead atoms. The Morgan fingerprint density at radius 1 is 1.09 bits per heavy atom. The second-order valence-corrected chi connectivity index (χ2v) is 8.50. The van der Waals surface area contributed by atoms with Crippen molar-refractivity contribution in [1.29, 1.82) is 0 Å². The number of aromatic carboxylic acids is 1. The van der Waals surface area contributed by atoms with E-state index >= 15 is 0 Å². The molecule has 33 heavy (non-hydrogen) atoms. The van der Waals surface area contributed by atoms with Gasteiger partial charge in [0.15, 0.2) is 0 Å². The third kappa shape index (κ3) is 4.68. The largest absolute Gasteiger partial charge is 0.497 e. The van der Waals surface area contributed by atoms with Crippen molar-refractivity contribution in [2.24, 2.45) is 0 Å². The molecule has 3 aromatic carbocycles. The minimum atomic E-state index is -1.42. The van der Waals surface area contributed by atoms with Crippen molar-refractivity contribution in [2.45, 2.75) is 6.54 Å². The highest BCUT2D eigenvalue weighted by molar-refractivity contribution is 14.1. The number of anilines is 2. The van der Waals surface area contributed by atoms with Gasteiger partial charge in [0.25, 0.3) is 0 Å². The number of pyridine rings is 1. The molecule has 1 heterocycles. The molecule has 0 aliphatic carbocycles. The second kappa shape index (κ2) is 9.18. The smallest absolute Gasteiger partial charge is 0.341 e. The van der Waals surface area contributed by atoms with Crippen LogP contribution in [0.15, 0.2) is 65.6 Å². The Balaban J connectivity index is 1.92. The SMILES string of the molecule is COc1ccc(Cn2cc(C(=O)O)c(=O)c3c(Nc4ccc(I)cc4F)cc(F)cc32)cc1. The standard InChI is InChI=1S/C24H17F2IN2O4/c1-33-16-5-2-13(3-6-16)11-29-12-17(24(31)32)23(30)22-20(8-14(25)9-21(22)29)28-19-7-4-15(27)10-18(19)26/h2-10,12,28H,11H2,1H3,(H,31,32). The zero-order chi connectivity index (χ0) is 23.7. The van der Waals surface area contributed by atoms with Gasteiger partial charge in [0, 0.05) is 16.3 Å². The molecule has 6 nitrogen and oxygen atoms in total. The number of carbonyl (C=O) groups is 1. The number of halogens is 3. The van der Waals surface area contributed by atoms with Crippen LogP contribution in [0.1, 0.15) is 15.9 Å². The Hall–Kier alpha value is -3.47. The molecule has 0 amide bonds. The number of rotatable bonds is 6. The molecule has 4 rings (SSSR count). The molecule has 0 fully saturated rings. The lowest BCUT2D eigenvalue weighted by Gasteiger charge is -2.16. The molecule has 0 saturated carbocycles. The van der Waals surface area contributed by atoms with Gasteiger partial charge in [-0.3, -0.25) is 4.79 Å². The van der Waals surface area contributed by atoms with Gasteiger partial charge >= 0.3 is 5.97 Å². The number of carboxylic acid groups (broad SMARTS) is 1. The summed E-state index contributed by atoms with van der Waals surface area (Å²) >= 11 is 1.95. The van der Waals surface area contributed by atoms with E-state index in [0.717, 1.165) is 17.7 Å². The first-order chi connectivity index (χ1) is 15.8. The first-order valence-corrected chi connectivity index (χ1v) is 10.8. The third-order valence-corrected chi connectivity index (χ3v) is 5.76. The molecule has 0 unspecified atom stereocenters. The van der Waals surface area contributed by atoms with Crippen LogP contribution in [0, 0.1) is 15.2 Å². The van der Waals surface area contributed by atoms with E-state index in [-0.39, 0.29) is 28.8 Å². The van der Waals surface area contributed by atoms with Crippen LogP contribution < -0.4 is 15.5 Å². The maximum Gasteiger partial charge on any atom is 0.341 e. The average Bonchev–Trinajstić information content (AvgIpc) is 2.77. The molecular weight excluding hydrogens is 545 g/mol. The molecule has 0 atom stereocenters. The number of aromatic nitrogens is 1. The highest BCUT2D eigenvalue weighted by Crippen LogP contribution is 2.29. The molecule has 1 aromatic heterocycles. The molecule has 168 valence electrons. The van der Waals surface area contributed by atoms with Gasteiger partial charge in [0.2, 0.25) is 5.43 Å². The summed E-state index contributed by atoms with van der Waals surface area (Å²) in [5.41, 5.74) is -0.315. The Morgan fingerprint density at radius 2 is 1.82 bits per heavy atom. The number of benzene rings is 3. The van der Waals surface area contributed by atoms with Crippen LogP contribution in [-0.4, -0.2) is 22.8 Å². The normalized spacial score (nSPS) is 10.9. The summed E-state index contributed by atoms with van der Waals surface area (Å²) in [4.78, 5) is 24.8. The Bertz CT molecular complexity index is 1440. The number of methoxy groups -OCH3 is 1. The van der Waals surface area contributed by atoms with Crippen molar-refractivity contribution in [1.82, 2.24) is 4.57 Å². The van der Waals surface area contributed by atoms with Gasteiger partial charge in [-0.1, -0.05) is 12.1 Å². The van der Waals surface area contributed by atoms with Crippen molar-refractivity contribution in [2.75, 3.05) is 12.4 Å². The van der Waals surface area contributed by atoms with Gasteiger partial charge in [-0.2, -0.15) is 0 Å². The summed E-state index contributed by atoms with van der Waals surface area (Å²) in [7, 11) is 1.54. The lowest BCUT2D eigenvalue weighted by molar-refractivity contribution is 0.0695. The van der Waals surface area contributed by atoms with E-state index in [1.165, 1.54) is 30.0 Å². The summed E-state index contributed by atoms with van der Waals surface area (Å²) in [6, 6.07) is 13.6. The van der Waals surface area contributed by atoms with E-state index in [2.05, 4.69) is 5.32 Å². The van der Waals surface area contributed by atoms with Crippen molar-refractivity contribution in [3.8, 4) is 5.75 Å².